The van der Waals surface area contributed by atoms with Gasteiger partial charge in [-0.1, -0.05) is 0 Å². The van der Waals surface area contributed by atoms with Gasteiger partial charge in [0.1, 0.15) is 0 Å². The third-order valence-corrected chi connectivity index (χ3v) is 4.63. The van der Waals surface area contributed by atoms with E-state index in [-0.39, 0.29) is 12.1 Å². The molecule has 0 saturated carbocycles. The molecule has 0 amide bonds. The molecule has 16 heavy (non-hydrogen) atoms. The number of nitrogens with two attached hydrogens (primary N) is 1. The Labute approximate surface area is 98.9 Å². The van der Waals surface area contributed by atoms with E-state index in [1.807, 2.05) is 27.7 Å². The molecule has 0 rings (SSSR count). The lowest BCUT2D eigenvalue weighted by Crippen LogP contribution is -2.35. The predicted octanol–water partition coefficient (Wildman–Crippen LogP) is 2.23. The van der Waals surface area contributed by atoms with Crippen LogP contribution in [0.2, 0.25) is 0 Å². The van der Waals surface area contributed by atoms with Crippen molar-refractivity contribution in [3.8, 4) is 0 Å². The van der Waals surface area contributed by atoms with E-state index in [0.29, 0.717) is 19.6 Å². The van der Waals surface area contributed by atoms with Crippen molar-refractivity contribution in [1.82, 2.24) is 4.67 Å². The Kier molecular flexibility index (Phi) is 7.44. The van der Waals surface area contributed by atoms with Crippen molar-refractivity contribution in [2.24, 2.45) is 5.73 Å². The van der Waals surface area contributed by atoms with E-state index in [4.69, 9.17) is 14.8 Å². The van der Waals surface area contributed by atoms with Crippen molar-refractivity contribution in [3.63, 3.8) is 0 Å². The van der Waals surface area contributed by atoms with Gasteiger partial charge in [0.15, 0.2) is 0 Å². The van der Waals surface area contributed by atoms with Crippen LogP contribution in [-0.2, 0) is 13.6 Å². The van der Waals surface area contributed by atoms with Gasteiger partial charge in [-0.25, -0.2) is 9.24 Å². The van der Waals surface area contributed by atoms with Crippen molar-refractivity contribution >= 4 is 7.75 Å². The lowest BCUT2D eigenvalue weighted by molar-refractivity contribution is 0.149. The molecule has 0 bridgehead atoms. The van der Waals surface area contributed by atoms with Crippen LogP contribution >= 0.6 is 7.75 Å². The van der Waals surface area contributed by atoms with Crippen molar-refractivity contribution in [2.75, 3.05) is 20.3 Å². The second-order valence-corrected chi connectivity index (χ2v) is 6.22. The van der Waals surface area contributed by atoms with Crippen molar-refractivity contribution in [1.29, 1.82) is 0 Å². The fourth-order valence-electron chi connectivity index (χ4n) is 1.64. The maximum absolute atomic E-state index is 12.5. The van der Waals surface area contributed by atoms with Gasteiger partial charge in [-0.05, 0) is 40.7 Å². The molecule has 0 heterocycles. The van der Waals surface area contributed by atoms with Gasteiger partial charge in [0, 0.05) is 19.2 Å². The van der Waals surface area contributed by atoms with Gasteiger partial charge in [0.25, 0.3) is 0 Å². The molecular formula is C10H25N2O3P. The largest absolute Gasteiger partial charge is 0.408 e. The maximum Gasteiger partial charge on any atom is 0.408 e. The standard InChI is InChI=1S/C10H25N2O3P/c1-9(2)12(10(3)4)16(13,14-5)15-8-6-7-11/h9-10H,6-8,11H2,1-5H3. The minimum absolute atomic E-state index is 0.101. The Hall–Kier alpha value is 0.0700. The lowest BCUT2D eigenvalue weighted by Gasteiger charge is -2.35. The minimum atomic E-state index is -3.17. The number of hydrogen-bond donors (Lipinski definition) is 1. The maximum atomic E-state index is 12.5. The highest BCUT2D eigenvalue weighted by atomic mass is 31.2. The molecule has 5 nitrogen and oxygen atoms in total. The van der Waals surface area contributed by atoms with Crippen LogP contribution in [0, 0.1) is 0 Å². The molecule has 0 radical (unpaired) electrons. The molecule has 98 valence electrons. The molecule has 1 atom stereocenters. The monoisotopic (exact) mass is 252 g/mol. The summed E-state index contributed by atoms with van der Waals surface area (Å²) in [6, 6.07) is 0.201. The summed E-state index contributed by atoms with van der Waals surface area (Å²) in [4.78, 5) is 0. The first kappa shape index (κ1) is 16.1. The molecule has 0 fully saturated rings. The molecule has 2 N–H and O–H groups in total. The van der Waals surface area contributed by atoms with E-state index in [1.54, 1.807) is 4.67 Å². The average molecular weight is 252 g/mol. The summed E-state index contributed by atoms with van der Waals surface area (Å²) in [6.07, 6.45) is 0.678. The fourth-order valence-corrected chi connectivity index (χ4v) is 3.56. The Bertz CT molecular complexity index is 226. The lowest BCUT2D eigenvalue weighted by atomic mass is 10.3. The topological polar surface area (TPSA) is 64.8 Å². The summed E-state index contributed by atoms with van der Waals surface area (Å²) in [6.45, 7) is 8.76. The highest BCUT2D eigenvalue weighted by Crippen LogP contribution is 2.53. The Morgan fingerprint density at radius 1 is 1.25 bits per heavy atom. The normalized spacial score (nSPS) is 16.1. The Morgan fingerprint density at radius 3 is 2.06 bits per heavy atom. The van der Waals surface area contributed by atoms with Gasteiger partial charge < -0.3 is 5.73 Å². The summed E-state index contributed by atoms with van der Waals surface area (Å²) < 4.78 is 24.7. The summed E-state index contributed by atoms with van der Waals surface area (Å²) in [5.74, 6) is 0. The van der Waals surface area contributed by atoms with Gasteiger partial charge in [0.2, 0.25) is 0 Å². The Balaban J connectivity index is 4.68. The van der Waals surface area contributed by atoms with Crippen LogP contribution < -0.4 is 5.73 Å². The molecule has 0 aliphatic heterocycles. The van der Waals surface area contributed by atoms with E-state index in [2.05, 4.69) is 0 Å². The smallest absolute Gasteiger partial charge is 0.330 e. The predicted molar refractivity (Wildman–Crippen MR) is 66.3 cm³/mol. The summed E-state index contributed by atoms with van der Waals surface area (Å²) >= 11 is 0. The van der Waals surface area contributed by atoms with Crippen LogP contribution in [-0.4, -0.2) is 37.0 Å². The SMILES string of the molecule is COP(=O)(OCCCN)N(C(C)C)C(C)C. The minimum Gasteiger partial charge on any atom is -0.330 e. The first-order chi connectivity index (χ1) is 7.39. The van der Waals surface area contributed by atoms with Crippen LogP contribution in [0.1, 0.15) is 34.1 Å². The van der Waals surface area contributed by atoms with Crippen LogP contribution in [0.5, 0.6) is 0 Å². The second kappa shape index (κ2) is 7.41. The van der Waals surface area contributed by atoms with Gasteiger partial charge in [-0.2, -0.15) is 0 Å². The molecule has 0 saturated heterocycles. The zero-order valence-electron chi connectivity index (χ0n) is 11.0. The van der Waals surface area contributed by atoms with Crippen molar-refractivity contribution < 1.29 is 13.6 Å². The molecule has 6 heteroatoms. The number of rotatable bonds is 8. The van der Waals surface area contributed by atoms with E-state index in [0.717, 1.165) is 0 Å². The first-order valence-corrected chi connectivity index (χ1v) is 7.17. The Morgan fingerprint density at radius 2 is 1.75 bits per heavy atom. The number of nitrogens with zero attached hydrogens (tertiary/aromatic N) is 1. The fraction of sp³-hybridized carbons (Fsp3) is 1.00. The van der Waals surface area contributed by atoms with Crippen LogP contribution in [0.3, 0.4) is 0 Å². The van der Waals surface area contributed by atoms with Crippen molar-refractivity contribution in [3.05, 3.63) is 0 Å². The molecule has 0 aromatic carbocycles. The van der Waals surface area contributed by atoms with Crippen LogP contribution in [0.25, 0.3) is 0 Å². The van der Waals surface area contributed by atoms with Crippen molar-refractivity contribution in [2.45, 2.75) is 46.2 Å². The van der Waals surface area contributed by atoms with Gasteiger partial charge in [0.05, 0.1) is 6.61 Å². The van der Waals surface area contributed by atoms with Gasteiger partial charge in [-0.15, -0.1) is 0 Å². The zero-order valence-corrected chi connectivity index (χ0v) is 11.9. The summed E-state index contributed by atoms with van der Waals surface area (Å²) in [5.41, 5.74) is 5.37. The molecule has 0 spiro atoms. The highest BCUT2D eigenvalue weighted by Gasteiger charge is 2.36. The van der Waals surface area contributed by atoms with Crippen LogP contribution in [0.15, 0.2) is 0 Å². The quantitative estimate of drug-likeness (QED) is 0.530. The molecule has 0 aliphatic rings. The third-order valence-electron chi connectivity index (χ3n) is 2.17. The zero-order chi connectivity index (χ0) is 12.8. The van der Waals surface area contributed by atoms with E-state index in [9.17, 15) is 4.57 Å². The third kappa shape index (κ3) is 4.52. The molecule has 0 aromatic heterocycles. The van der Waals surface area contributed by atoms with Gasteiger partial charge in [-0.3, -0.25) is 9.05 Å². The molecule has 0 aromatic rings. The van der Waals surface area contributed by atoms with E-state index < -0.39 is 7.75 Å². The molecule has 0 aliphatic carbocycles. The summed E-state index contributed by atoms with van der Waals surface area (Å²) in [5, 5.41) is 0. The average Bonchev–Trinajstić information content (AvgIpc) is 2.17. The van der Waals surface area contributed by atoms with Gasteiger partial charge >= 0.3 is 7.75 Å². The van der Waals surface area contributed by atoms with Crippen LogP contribution in [0.4, 0.5) is 0 Å². The summed E-state index contributed by atoms with van der Waals surface area (Å²) in [7, 11) is -1.76. The molecule has 1 unspecified atom stereocenters. The van der Waals surface area contributed by atoms with E-state index >= 15 is 0 Å². The highest BCUT2D eigenvalue weighted by molar-refractivity contribution is 7.51. The number of hydrogen-bond acceptors (Lipinski definition) is 4. The molecular weight excluding hydrogens is 227 g/mol. The van der Waals surface area contributed by atoms with E-state index in [1.165, 1.54) is 7.11 Å². The second-order valence-electron chi connectivity index (χ2n) is 4.19. The first-order valence-electron chi connectivity index (χ1n) is 5.68.